The molecule has 0 spiro atoms. The molecular formula is C16H25N3O3. The zero-order valence-corrected chi connectivity index (χ0v) is 13.5. The Morgan fingerprint density at radius 2 is 2.09 bits per heavy atom. The number of carbonyl (C=O) groups is 2. The van der Waals surface area contributed by atoms with Crippen molar-refractivity contribution < 1.29 is 14.7 Å². The van der Waals surface area contributed by atoms with Crippen molar-refractivity contribution >= 4 is 11.9 Å². The zero-order valence-electron chi connectivity index (χ0n) is 13.5. The van der Waals surface area contributed by atoms with Crippen LogP contribution in [0.25, 0.3) is 0 Å². The molecular weight excluding hydrogens is 282 g/mol. The number of nitrogens with zero attached hydrogens (tertiary/aromatic N) is 2. The molecule has 6 heteroatoms. The molecule has 0 bridgehead atoms. The van der Waals surface area contributed by atoms with Gasteiger partial charge in [-0.2, -0.15) is 5.10 Å². The first-order chi connectivity index (χ1) is 10.4. The molecule has 0 aromatic carbocycles. The van der Waals surface area contributed by atoms with E-state index in [9.17, 15) is 9.59 Å². The van der Waals surface area contributed by atoms with Gasteiger partial charge in [-0.25, -0.2) is 4.79 Å². The Hall–Kier alpha value is -2.11. The number of rotatable bonds is 9. The van der Waals surface area contributed by atoms with Crippen molar-refractivity contribution in [3.63, 3.8) is 0 Å². The van der Waals surface area contributed by atoms with Crippen LogP contribution in [-0.2, 0) is 4.79 Å². The van der Waals surface area contributed by atoms with Gasteiger partial charge >= 0.3 is 5.97 Å². The van der Waals surface area contributed by atoms with Crippen LogP contribution < -0.4 is 5.32 Å². The number of hydrogen-bond acceptors (Lipinski definition) is 3. The van der Waals surface area contributed by atoms with Crippen molar-refractivity contribution in [1.82, 2.24) is 15.1 Å². The highest BCUT2D eigenvalue weighted by atomic mass is 16.4. The van der Waals surface area contributed by atoms with E-state index in [1.807, 2.05) is 11.6 Å². The Labute approximate surface area is 131 Å². The smallest absolute Gasteiger partial charge is 0.326 e. The van der Waals surface area contributed by atoms with E-state index < -0.39 is 17.9 Å². The van der Waals surface area contributed by atoms with Gasteiger partial charge in [-0.3, -0.25) is 9.48 Å². The average Bonchev–Trinajstić information content (AvgIpc) is 2.86. The second kappa shape index (κ2) is 8.36. The minimum Gasteiger partial charge on any atom is -0.480 e. The maximum absolute atomic E-state index is 12.2. The quantitative estimate of drug-likeness (QED) is 0.687. The van der Waals surface area contributed by atoms with Gasteiger partial charge in [-0.15, -0.1) is 6.58 Å². The molecule has 122 valence electrons. The number of carboxylic acid groups (broad SMARTS) is 1. The molecule has 0 saturated carbocycles. The van der Waals surface area contributed by atoms with Crippen molar-refractivity contribution in [2.75, 3.05) is 0 Å². The molecule has 1 aromatic rings. The van der Waals surface area contributed by atoms with Crippen LogP contribution in [0.5, 0.6) is 0 Å². The number of aryl methyl sites for hydroxylation is 1. The standard InChI is InChI=1S/C16H25N3O3/c1-5-8-9-13(16(21)22)17-15(20)14-10-11(4)19(18-14)12(6-2)7-3/h5,10,12-13H,1,6-9H2,2-4H3,(H,17,20)(H,21,22). The Morgan fingerprint density at radius 1 is 1.45 bits per heavy atom. The van der Waals surface area contributed by atoms with Gasteiger partial charge in [0.15, 0.2) is 0 Å². The third-order valence-corrected chi connectivity index (χ3v) is 3.71. The van der Waals surface area contributed by atoms with Gasteiger partial charge in [-0.1, -0.05) is 19.9 Å². The fourth-order valence-corrected chi connectivity index (χ4v) is 2.38. The predicted octanol–water partition coefficient (Wildman–Crippen LogP) is 2.70. The molecule has 0 fully saturated rings. The van der Waals surface area contributed by atoms with Crippen LogP contribution in [0.3, 0.4) is 0 Å². The van der Waals surface area contributed by atoms with E-state index in [2.05, 4.69) is 30.8 Å². The Balaban J connectivity index is 2.86. The first kappa shape index (κ1) is 17.9. The molecule has 1 heterocycles. The summed E-state index contributed by atoms with van der Waals surface area (Å²) in [7, 11) is 0. The molecule has 0 aliphatic carbocycles. The maximum Gasteiger partial charge on any atom is 0.326 e. The summed E-state index contributed by atoms with van der Waals surface area (Å²) in [5.74, 6) is -1.50. The van der Waals surface area contributed by atoms with E-state index >= 15 is 0 Å². The molecule has 22 heavy (non-hydrogen) atoms. The minimum atomic E-state index is -1.05. The number of allylic oxidation sites excluding steroid dienone is 1. The summed E-state index contributed by atoms with van der Waals surface area (Å²) in [6, 6.07) is 1.02. The highest BCUT2D eigenvalue weighted by Gasteiger charge is 2.22. The molecule has 1 aromatic heterocycles. The fourth-order valence-electron chi connectivity index (χ4n) is 2.38. The van der Waals surface area contributed by atoms with Gasteiger partial charge in [0.25, 0.3) is 5.91 Å². The molecule has 0 aliphatic heterocycles. The number of nitrogens with one attached hydrogen (secondary N) is 1. The van der Waals surface area contributed by atoms with Crippen LogP contribution in [0, 0.1) is 6.92 Å². The maximum atomic E-state index is 12.2. The molecule has 0 saturated heterocycles. The number of aliphatic carboxylic acids is 1. The lowest BCUT2D eigenvalue weighted by Crippen LogP contribution is -2.40. The van der Waals surface area contributed by atoms with Crippen LogP contribution in [0.1, 0.15) is 61.8 Å². The number of aromatic nitrogens is 2. The summed E-state index contributed by atoms with van der Waals surface area (Å²) in [6.45, 7) is 9.61. The van der Waals surface area contributed by atoms with E-state index in [0.717, 1.165) is 18.5 Å². The molecule has 0 radical (unpaired) electrons. The molecule has 1 atom stereocenters. The summed E-state index contributed by atoms with van der Waals surface area (Å²) in [4.78, 5) is 23.4. The van der Waals surface area contributed by atoms with Crippen LogP contribution in [0.15, 0.2) is 18.7 Å². The number of carboxylic acids is 1. The first-order valence-electron chi connectivity index (χ1n) is 7.65. The van der Waals surface area contributed by atoms with E-state index in [-0.39, 0.29) is 11.7 Å². The van der Waals surface area contributed by atoms with Gasteiger partial charge in [-0.05, 0) is 38.7 Å². The third kappa shape index (κ3) is 4.44. The molecule has 0 aliphatic rings. The fraction of sp³-hybridized carbons (Fsp3) is 0.562. The van der Waals surface area contributed by atoms with Crippen molar-refractivity contribution in [1.29, 1.82) is 0 Å². The van der Waals surface area contributed by atoms with E-state index in [0.29, 0.717) is 12.8 Å². The Morgan fingerprint density at radius 3 is 2.59 bits per heavy atom. The van der Waals surface area contributed by atoms with Gasteiger partial charge < -0.3 is 10.4 Å². The molecule has 1 unspecified atom stereocenters. The number of carbonyl (C=O) groups excluding carboxylic acids is 1. The SMILES string of the molecule is C=CCCC(NC(=O)c1cc(C)n(C(CC)CC)n1)C(=O)O. The van der Waals surface area contributed by atoms with E-state index in [1.165, 1.54) is 0 Å². The van der Waals surface area contributed by atoms with Crippen molar-refractivity contribution in [2.24, 2.45) is 0 Å². The van der Waals surface area contributed by atoms with Gasteiger partial charge in [0.2, 0.25) is 0 Å². The topological polar surface area (TPSA) is 84.2 Å². The summed E-state index contributed by atoms with van der Waals surface area (Å²) < 4.78 is 1.84. The highest BCUT2D eigenvalue weighted by Crippen LogP contribution is 2.18. The molecule has 2 N–H and O–H groups in total. The number of amides is 1. The lowest BCUT2D eigenvalue weighted by atomic mass is 10.1. The third-order valence-electron chi connectivity index (χ3n) is 3.71. The molecule has 6 nitrogen and oxygen atoms in total. The van der Waals surface area contributed by atoms with Crippen LogP contribution >= 0.6 is 0 Å². The molecule has 1 amide bonds. The number of hydrogen-bond donors (Lipinski definition) is 2. The second-order valence-corrected chi connectivity index (χ2v) is 5.32. The lowest BCUT2D eigenvalue weighted by molar-refractivity contribution is -0.139. The van der Waals surface area contributed by atoms with Crippen molar-refractivity contribution in [3.8, 4) is 0 Å². The molecule has 1 rings (SSSR count). The van der Waals surface area contributed by atoms with E-state index in [4.69, 9.17) is 5.11 Å². The lowest BCUT2D eigenvalue weighted by Gasteiger charge is -2.15. The minimum absolute atomic E-state index is 0.248. The monoisotopic (exact) mass is 307 g/mol. The predicted molar refractivity (Wildman–Crippen MR) is 84.9 cm³/mol. The first-order valence-corrected chi connectivity index (χ1v) is 7.65. The van der Waals surface area contributed by atoms with Crippen molar-refractivity contribution in [3.05, 3.63) is 30.1 Å². The summed E-state index contributed by atoms with van der Waals surface area (Å²) >= 11 is 0. The van der Waals surface area contributed by atoms with Gasteiger partial charge in [0.05, 0.1) is 6.04 Å². The summed E-state index contributed by atoms with van der Waals surface area (Å²) in [6.07, 6.45) is 4.33. The van der Waals surface area contributed by atoms with Crippen LogP contribution in [0.4, 0.5) is 0 Å². The largest absolute Gasteiger partial charge is 0.480 e. The Kier molecular flexibility index (Phi) is 6.82. The summed E-state index contributed by atoms with van der Waals surface area (Å²) in [5.41, 5.74) is 1.16. The Bertz CT molecular complexity index is 533. The average molecular weight is 307 g/mol. The van der Waals surface area contributed by atoms with Gasteiger partial charge in [0.1, 0.15) is 11.7 Å². The van der Waals surface area contributed by atoms with E-state index in [1.54, 1.807) is 12.1 Å². The van der Waals surface area contributed by atoms with Gasteiger partial charge in [0, 0.05) is 5.69 Å². The second-order valence-electron chi connectivity index (χ2n) is 5.32. The van der Waals surface area contributed by atoms with Crippen LogP contribution in [0.2, 0.25) is 0 Å². The normalized spacial score (nSPS) is 12.2. The highest BCUT2D eigenvalue weighted by molar-refractivity contribution is 5.95. The summed E-state index contributed by atoms with van der Waals surface area (Å²) in [5, 5.41) is 16.0. The van der Waals surface area contributed by atoms with Crippen LogP contribution in [-0.4, -0.2) is 32.8 Å². The van der Waals surface area contributed by atoms with Crippen molar-refractivity contribution in [2.45, 2.75) is 58.5 Å². The zero-order chi connectivity index (χ0) is 16.7.